The van der Waals surface area contributed by atoms with Crippen molar-refractivity contribution >= 4 is 11.3 Å². The number of nitrogens with zero attached hydrogens (tertiary/aromatic N) is 2. The molecule has 1 fully saturated rings. The fraction of sp³-hybridized carbons (Fsp3) is 0.471. The first-order valence-corrected chi connectivity index (χ1v) is 8.54. The van der Waals surface area contributed by atoms with Gasteiger partial charge in [0, 0.05) is 36.2 Å². The summed E-state index contributed by atoms with van der Waals surface area (Å²) in [5.74, 6) is 0. The fourth-order valence-electron chi connectivity index (χ4n) is 2.81. The van der Waals surface area contributed by atoms with E-state index in [4.69, 9.17) is 0 Å². The van der Waals surface area contributed by atoms with Crippen molar-refractivity contribution in [2.45, 2.75) is 38.9 Å². The number of benzene rings is 1. The molecule has 1 N–H and O–H groups in total. The van der Waals surface area contributed by atoms with Gasteiger partial charge in [-0.05, 0) is 18.9 Å². The first-order chi connectivity index (χ1) is 10.3. The Labute approximate surface area is 131 Å². The first-order valence-electron chi connectivity index (χ1n) is 7.72. The molecule has 2 aromatic rings. The van der Waals surface area contributed by atoms with E-state index in [1.54, 1.807) is 0 Å². The molecular formula is C17H23N3S. The van der Waals surface area contributed by atoms with Gasteiger partial charge >= 0.3 is 0 Å². The Kier molecular flexibility index (Phi) is 4.68. The van der Waals surface area contributed by atoms with E-state index >= 15 is 0 Å². The maximum absolute atomic E-state index is 4.57. The molecule has 0 aliphatic carbocycles. The zero-order valence-electron chi connectivity index (χ0n) is 12.7. The highest BCUT2D eigenvalue weighted by Gasteiger charge is 2.26. The van der Waals surface area contributed by atoms with Crippen LogP contribution in [0.3, 0.4) is 0 Å². The minimum Gasteiger partial charge on any atom is -0.307 e. The Hall–Kier alpha value is -1.23. The SMILES string of the molecule is CCc1cnc(CN2CC(c3ccccc3)NCC2C)s1. The highest BCUT2D eigenvalue weighted by Crippen LogP contribution is 2.23. The van der Waals surface area contributed by atoms with Crippen LogP contribution in [0, 0.1) is 0 Å². The lowest BCUT2D eigenvalue weighted by Crippen LogP contribution is -2.50. The summed E-state index contributed by atoms with van der Waals surface area (Å²) in [6.07, 6.45) is 3.11. The van der Waals surface area contributed by atoms with Gasteiger partial charge < -0.3 is 5.32 Å². The summed E-state index contributed by atoms with van der Waals surface area (Å²) in [7, 11) is 0. The second kappa shape index (κ2) is 6.69. The summed E-state index contributed by atoms with van der Waals surface area (Å²) in [4.78, 5) is 8.50. The fourth-order valence-corrected chi connectivity index (χ4v) is 3.70. The Bertz CT molecular complexity index is 566. The molecule has 1 saturated heterocycles. The van der Waals surface area contributed by atoms with Gasteiger partial charge in [0.15, 0.2) is 0 Å². The molecule has 21 heavy (non-hydrogen) atoms. The maximum atomic E-state index is 4.57. The summed E-state index contributed by atoms with van der Waals surface area (Å²) in [6.45, 7) is 7.54. The number of hydrogen-bond acceptors (Lipinski definition) is 4. The molecule has 2 unspecified atom stereocenters. The molecule has 0 saturated carbocycles. The topological polar surface area (TPSA) is 28.2 Å². The van der Waals surface area contributed by atoms with E-state index in [0.717, 1.165) is 26.1 Å². The smallest absolute Gasteiger partial charge is 0.107 e. The van der Waals surface area contributed by atoms with Crippen LogP contribution in [0.25, 0.3) is 0 Å². The van der Waals surface area contributed by atoms with Gasteiger partial charge in [0.2, 0.25) is 0 Å². The van der Waals surface area contributed by atoms with Crippen molar-refractivity contribution in [1.82, 2.24) is 15.2 Å². The molecule has 2 atom stereocenters. The standard InChI is InChI=1S/C17H23N3S/c1-3-15-10-19-17(21-15)12-20-11-16(18-9-13(20)2)14-7-5-4-6-8-14/h4-8,10,13,16,18H,3,9,11-12H2,1-2H3. The molecule has 3 rings (SSSR count). The van der Waals surface area contributed by atoms with E-state index in [1.807, 2.05) is 17.5 Å². The molecule has 0 bridgehead atoms. The molecule has 1 aromatic carbocycles. The average molecular weight is 301 g/mol. The van der Waals surface area contributed by atoms with Gasteiger partial charge in [0.05, 0.1) is 6.54 Å². The summed E-state index contributed by atoms with van der Waals surface area (Å²) in [6, 6.07) is 11.7. The molecule has 1 aromatic heterocycles. The number of rotatable bonds is 4. The lowest BCUT2D eigenvalue weighted by molar-refractivity contribution is 0.133. The lowest BCUT2D eigenvalue weighted by atomic mass is 10.0. The maximum Gasteiger partial charge on any atom is 0.107 e. The predicted molar refractivity (Wildman–Crippen MR) is 88.5 cm³/mol. The highest BCUT2D eigenvalue weighted by molar-refractivity contribution is 7.11. The van der Waals surface area contributed by atoms with Gasteiger partial charge in [-0.25, -0.2) is 4.98 Å². The lowest BCUT2D eigenvalue weighted by Gasteiger charge is -2.38. The van der Waals surface area contributed by atoms with E-state index in [0.29, 0.717) is 12.1 Å². The molecule has 1 aliphatic heterocycles. The van der Waals surface area contributed by atoms with E-state index < -0.39 is 0 Å². The Morgan fingerprint density at radius 2 is 2.14 bits per heavy atom. The third kappa shape index (κ3) is 3.51. The zero-order valence-corrected chi connectivity index (χ0v) is 13.6. The van der Waals surface area contributed by atoms with Crippen molar-refractivity contribution in [3.8, 4) is 0 Å². The number of hydrogen-bond donors (Lipinski definition) is 1. The van der Waals surface area contributed by atoms with E-state index in [-0.39, 0.29) is 0 Å². The zero-order chi connectivity index (χ0) is 14.7. The Balaban J connectivity index is 1.69. The van der Waals surface area contributed by atoms with Crippen LogP contribution in [0.4, 0.5) is 0 Å². The van der Waals surface area contributed by atoms with Crippen LogP contribution >= 0.6 is 11.3 Å². The molecule has 0 spiro atoms. The quantitative estimate of drug-likeness (QED) is 0.939. The average Bonchev–Trinajstić information content (AvgIpc) is 2.98. The highest BCUT2D eigenvalue weighted by atomic mass is 32.1. The van der Waals surface area contributed by atoms with Crippen molar-refractivity contribution in [3.63, 3.8) is 0 Å². The molecule has 0 amide bonds. The van der Waals surface area contributed by atoms with Gasteiger partial charge in [-0.2, -0.15) is 0 Å². The Morgan fingerprint density at radius 3 is 2.86 bits per heavy atom. The molecular weight excluding hydrogens is 278 g/mol. The van der Waals surface area contributed by atoms with Crippen molar-refractivity contribution in [3.05, 3.63) is 52.0 Å². The summed E-state index contributed by atoms with van der Waals surface area (Å²) >= 11 is 1.85. The van der Waals surface area contributed by atoms with Crippen molar-refractivity contribution in [1.29, 1.82) is 0 Å². The minimum absolute atomic E-state index is 0.424. The van der Waals surface area contributed by atoms with Crippen molar-refractivity contribution in [2.24, 2.45) is 0 Å². The summed E-state index contributed by atoms with van der Waals surface area (Å²) in [5.41, 5.74) is 1.38. The van der Waals surface area contributed by atoms with Gasteiger partial charge in [-0.15, -0.1) is 11.3 Å². The van der Waals surface area contributed by atoms with Crippen LogP contribution in [-0.2, 0) is 13.0 Å². The number of aryl methyl sites for hydroxylation is 1. The Morgan fingerprint density at radius 1 is 1.33 bits per heavy atom. The van der Waals surface area contributed by atoms with E-state index in [1.165, 1.54) is 15.4 Å². The predicted octanol–water partition coefficient (Wildman–Crippen LogP) is 3.24. The first kappa shape index (κ1) is 14.7. The third-order valence-electron chi connectivity index (χ3n) is 4.19. The van der Waals surface area contributed by atoms with E-state index in [2.05, 4.69) is 59.4 Å². The molecule has 1 aliphatic rings. The molecule has 112 valence electrons. The largest absolute Gasteiger partial charge is 0.307 e. The number of piperazine rings is 1. The van der Waals surface area contributed by atoms with Crippen LogP contribution in [0.5, 0.6) is 0 Å². The molecule has 3 nitrogen and oxygen atoms in total. The molecule has 0 radical (unpaired) electrons. The molecule has 4 heteroatoms. The van der Waals surface area contributed by atoms with Crippen LogP contribution < -0.4 is 5.32 Å². The monoisotopic (exact) mass is 301 g/mol. The minimum atomic E-state index is 0.424. The van der Waals surface area contributed by atoms with Crippen LogP contribution in [0.15, 0.2) is 36.5 Å². The van der Waals surface area contributed by atoms with Crippen LogP contribution in [0.1, 0.15) is 35.3 Å². The van der Waals surface area contributed by atoms with Crippen LogP contribution in [0.2, 0.25) is 0 Å². The van der Waals surface area contributed by atoms with Crippen LogP contribution in [-0.4, -0.2) is 29.0 Å². The van der Waals surface area contributed by atoms with Gasteiger partial charge in [-0.1, -0.05) is 37.3 Å². The molecule has 2 heterocycles. The normalized spacial score (nSPS) is 23.3. The van der Waals surface area contributed by atoms with Gasteiger partial charge in [0.1, 0.15) is 5.01 Å². The number of aromatic nitrogens is 1. The number of thiazole rings is 1. The van der Waals surface area contributed by atoms with Gasteiger partial charge in [0.25, 0.3) is 0 Å². The summed E-state index contributed by atoms with van der Waals surface area (Å²) in [5, 5.41) is 4.90. The second-order valence-corrected chi connectivity index (χ2v) is 6.92. The van der Waals surface area contributed by atoms with E-state index in [9.17, 15) is 0 Å². The number of nitrogens with one attached hydrogen (secondary N) is 1. The van der Waals surface area contributed by atoms with Crippen molar-refractivity contribution in [2.75, 3.05) is 13.1 Å². The third-order valence-corrected chi connectivity index (χ3v) is 5.32. The van der Waals surface area contributed by atoms with Crippen molar-refractivity contribution < 1.29 is 0 Å². The van der Waals surface area contributed by atoms with Gasteiger partial charge in [-0.3, -0.25) is 4.90 Å². The second-order valence-electron chi connectivity index (χ2n) is 5.72. The summed E-state index contributed by atoms with van der Waals surface area (Å²) < 4.78 is 0.